The van der Waals surface area contributed by atoms with Crippen molar-refractivity contribution in [1.82, 2.24) is 25.5 Å². The van der Waals surface area contributed by atoms with E-state index in [-0.39, 0.29) is 16.7 Å². The summed E-state index contributed by atoms with van der Waals surface area (Å²) in [5, 5.41) is 16.7. The summed E-state index contributed by atoms with van der Waals surface area (Å²) < 4.78 is 13.0. The Morgan fingerprint density at radius 2 is 1.90 bits per heavy atom. The SMILES string of the molecule is CCNc1nc(SCc2nnc(C(=O)NCc3ccc(F)cc3)s2)nc2ccccc12. The Hall–Kier alpha value is -3.11. The largest absolute Gasteiger partial charge is 0.370 e. The Bertz CT molecular complexity index is 1200. The molecule has 7 nitrogen and oxygen atoms in total. The normalized spacial score (nSPS) is 10.9. The van der Waals surface area contributed by atoms with Crippen molar-refractivity contribution < 1.29 is 9.18 Å². The quantitative estimate of drug-likeness (QED) is 0.303. The van der Waals surface area contributed by atoms with Gasteiger partial charge in [-0.3, -0.25) is 4.79 Å². The van der Waals surface area contributed by atoms with Crippen molar-refractivity contribution in [2.75, 3.05) is 11.9 Å². The summed E-state index contributed by atoms with van der Waals surface area (Å²) in [6.45, 7) is 3.08. The average Bonchev–Trinajstić information content (AvgIpc) is 3.27. The van der Waals surface area contributed by atoms with E-state index in [1.807, 2.05) is 31.2 Å². The molecule has 0 spiro atoms. The zero-order valence-corrected chi connectivity index (χ0v) is 18.3. The number of para-hydroxylation sites is 1. The van der Waals surface area contributed by atoms with Crippen LogP contribution in [0.25, 0.3) is 10.9 Å². The molecule has 0 saturated heterocycles. The standard InChI is InChI=1S/C21H19FN6OS2/c1-2-23-18-15-5-3-4-6-16(15)25-21(26-18)30-12-17-27-28-20(31-17)19(29)24-11-13-7-9-14(22)10-8-13/h3-10H,2,11-12H2,1H3,(H,24,29)(H,23,25,26). The molecule has 0 saturated carbocycles. The number of nitrogens with zero attached hydrogens (tertiary/aromatic N) is 4. The molecule has 4 aromatic rings. The number of carbonyl (C=O) groups is 1. The van der Waals surface area contributed by atoms with Gasteiger partial charge in [-0.25, -0.2) is 14.4 Å². The first kappa shape index (κ1) is 21.1. The Morgan fingerprint density at radius 1 is 1.10 bits per heavy atom. The summed E-state index contributed by atoms with van der Waals surface area (Å²) in [5.41, 5.74) is 1.68. The number of benzene rings is 2. The molecule has 0 aliphatic rings. The van der Waals surface area contributed by atoms with Crippen LogP contribution in [0.15, 0.2) is 53.7 Å². The molecule has 2 aromatic heterocycles. The smallest absolute Gasteiger partial charge is 0.282 e. The monoisotopic (exact) mass is 454 g/mol. The first-order chi connectivity index (χ1) is 15.1. The van der Waals surface area contributed by atoms with Crippen LogP contribution in [0.5, 0.6) is 0 Å². The van der Waals surface area contributed by atoms with Crippen molar-refractivity contribution in [2.45, 2.75) is 24.4 Å². The van der Waals surface area contributed by atoms with Gasteiger partial charge in [0, 0.05) is 18.5 Å². The van der Waals surface area contributed by atoms with Crippen LogP contribution >= 0.6 is 23.1 Å². The van der Waals surface area contributed by atoms with Gasteiger partial charge in [-0.15, -0.1) is 10.2 Å². The van der Waals surface area contributed by atoms with Crippen LogP contribution in [0.2, 0.25) is 0 Å². The van der Waals surface area contributed by atoms with Crippen molar-refractivity contribution >= 4 is 45.7 Å². The second kappa shape index (κ2) is 9.80. The van der Waals surface area contributed by atoms with Crippen LogP contribution in [0, 0.1) is 5.82 Å². The van der Waals surface area contributed by atoms with E-state index in [4.69, 9.17) is 0 Å². The number of hydrogen-bond acceptors (Lipinski definition) is 8. The van der Waals surface area contributed by atoms with Crippen molar-refractivity contribution in [2.24, 2.45) is 0 Å². The zero-order valence-electron chi connectivity index (χ0n) is 16.6. The highest BCUT2D eigenvalue weighted by Gasteiger charge is 2.14. The number of hydrogen-bond donors (Lipinski definition) is 2. The molecule has 0 atom stereocenters. The fraction of sp³-hybridized carbons (Fsp3) is 0.190. The molecule has 4 rings (SSSR count). The number of carbonyl (C=O) groups excluding carboxylic acids is 1. The molecule has 158 valence electrons. The Labute approximate surface area is 186 Å². The molecule has 0 bridgehead atoms. The predicted octanol–water partition coefficient (Wildman–Crippen LogP) is 4.27. The molecule has 2 N–H and O–H groups in total. The van der Waals surface area contributed by atoms with Crippen LogP contribution in [0.1, 0.15) is 27.3 Å². The fourth-order valence-electron chi connectivity index (χ4n) is 2.81. The summed E-state index contributed by atoms with van der Waals surface area (Å²) >= 11 is 2.67. The maximum absolute atomic E-state index is 13.0. The van der Waals surface area contributed by atoms with E-state index >= 15 is 0 Å². The maximum atomic E-state index is 13.0. The van der Waals surface area contributed by atoms with Gasteiger partial charge in [-0.2, -0.15) is 0 Å². The summed E-state index contributed by atoms with van der Waals surface area (Å²) in [4.78, 5) is 21.5. The summed E-state index contributed by atoms with van der Waals surface area (Å²) in [5.74, 6) is 0.685. The van der Waals surface area contributed by atoms with E-state index in [9.17, 15) is 9.18 Å². The third-order valence-corrected chi connectivity index (χ3v) is 6.24. The first-order valence-electron chi connectivity index (χ1n) is 9.61. The van der Waals surface area contributed by atoms with Gasteiger partial charge in [0.15, 0.2) is 5.16 Å². The number of fused-ring (bicyclic) bond motifs is 1. The Morgan fingerprint density at radius 3 is 2.71 bits per heavy atom. The van der Waals surface area contributed by atoms with Crippen LogP contribution in [-0.4, -0.2) is 32.6 Å². The van der Waals surface area contributed by atoms with E-state index in [0.717, 1.165) is 28.8 Å². The van der Waals surface area contributed by atoms with E-state index in [2.05, 4.69) is 30.8 Å². The number of rotatable bonds is 8. The highest BCUT2D eigenvalue weighted by molar-refractivity contribution is 7.98. The third-order valence-electron chi connectivity index (χ3n) is 4.28. The van der Waals surface area contributed by atoms with E-state index in [0.29, 0.717) is 22.5 Å². The van der Waals surface area contributed by atoms with Gasteiger partial charge in [0.25, 0.3) is 5.91 Å². The lowest BCUT2D eigenvalue weighted by Crippen LogP contribution is -2.22. The van der Waals surface area contributed by atoms with E-state index < -0.39 is 0 Å². The maximum Gasteiger partial charge on any atom is 0.282 e. The summed E-state index contributed by atoms with van der Waals surface area (Å²) in [6.07, 6.45) is 0. The lowest BCUT2D eigenvalue weighted by molar-refractivity contribution is 0.0950. The number of halogens is 1. The molecule has 10 heteroatoms. The lowest BCUT2D eigenvalue weighted by Gasteiger charge is -2.08. The van der Waals surface area contributed by atoms with Gasteiger partial charge in [-0.05, 0) is 36.8 Å². The molecular formula is C21H19FN6OS2. The topological polar surface area (TPSA) is 92.7 Å². The molecular weight excluding hydrogens is 435 g/mol. The summed E-state index contributed by atoms with van der Waals surface area (Å²) in [7, 11) is 0. The summed E-state index contributed by atoms with van der Waals surface area (Å²) in [6, 6.07) is 13.8. The number of amides is 1. The zero-order chi connectivity index (χ0) is 21.6. The number of aromatic nitrogens is 4. The number of thioether (sulfide) groups is 1. The Kier molecular flexibility index (Phi) is 6.68. The minimum absolute atomic E-state index is 0.283. The molecule has 0 aliphatic carbocycles. The highest BCUT2D eigenvalue weighted by Crippen LogP contribution is 2.27. The second-order valence-corrected chi connectivity index (χ2v) is 8.51. The van der Waals surface area contributed by atoms with Crippen LogP contribution < -0.4 is 10.6 Å². The third kappa shape index (κ3) is 5.33. The van der Waals surface area contributed by atoms with Crippen molar-refractivity contribution in [3.63, 3.8) is 0 Å². The number of anilines is 1. The van der Waals surface area contributed by atoms with Gasteiger partial charge in [0.05, 0.1) is 11.3 Å². The van der Waals surface area contributed by atoms with E-state index in [1.54, 1.807) is 12.1 Å². The molecule has 0 unspecified atom stereocenters. The van der Waals surface area contributed by atoms with Crippen molar-refractivity contribution in [3.8, 4) is 0 Å². The Balaban J connectivity index is 1.38. The molecule has 31 heavy (non-hydrogen) atoms. The van der Waals surface area contributed by atoms with Crippen molar-refractivity contribution in [1.29, 1.82) is 0 Å². The molecule has 0 fully saturated rings. The molecule has 2 aromatic carbocycles. The molecule has 0 aliphatic heterocycles. The second-order valence-electron chi connectivity index (χ2n) is 6.50. The highest BCUT2D eigenvalue weighted by atomic mass is 32.2. The van der Waals surface area contributed by atoms with E-state index in [1.165, 1.54) is 35.2 Å². The van der Waals surface area contributed by atoms with Gasteiger partial charge >= 0.3 is 0 Å². The minimum atomic E-state index is -0.311. The molecule has 2 heterocycles. The van der Waals surface area contributed by atoms with Gasteiger partial charge < -0.3 is 10.6 Å². The first-order valence-corrected chi connectivity index (χ1v) is 11.4. The fourth-order valence-corrected chi connectivity index (χ4v) is 4.41. The minimum Gasteiger partial charge on any atom is -0.370 e. The molecule has 0 radical (unpaired) electrons. The molecule has 1 amide bonds. The van der Waals surface area contributed by atoms with Crippen molar-refractivity contribution in [3.05, 3.63) is 69.9 Å². The van der Waals surface area contributed by atoms with Crippen LogP contribution in [0.4, 0.5) is 10.2 Å². The van der Waals surface area contributed by atoms with Crippen LogP contribution in [0.3, 0.4) is 0 Å². The number of nitrogens with one attached hydrogen (secondary N) is 2. The van der Waals surface area contributed by atoms with Gasteiger partial charge in [0.2, 0.25) is 5.01 Å². The average molecular weight is 455 g/mol. The lowest BCUT2D eigenvalue weighted by atomic mass is 10.2. The predicted molar refractivity (Wildman–Crippen MR) is 121 cm³/mol. The van der Waals surface area contributed by atoms with Gasteiger partial charge in [-0.1, -0.05) is 47.4 Å². The van der Waals surface area contributed by atoms with Gasteiger partial charge in [0.1, 0.15) is 16.6 Å². The van der Waals surface area contributed by atoms with Crippen LogP contribution in [-0.2, 0) is 12.3 Å².